The van der Waals surface area contributed by atoms with E-state index in [1.807, 2.05) is 6.92 Å². The van der Waals surface area contributed by atoms with Crippen LogP contribution in [0.25, 0.3) is 0 Å². The van der Waals surface area contributed by atoms with Crippen LogP contribution in [0.4, 0.5) is 4.79 Å². The summed E-state index contributed by atoms with van der Waals surface area (Å²) in [5.74, 6) is -0.412. The van der Waals surface area contributed by atoms with Crippen molar-refractivity contribution in [3.8, 4) is 5.75 Å². The number of ketones is 1. The summed E-state index contributed by atoms with van der Waals surface area (Å²) < 4.78 is 5.46. The van der Waals surface area contributed by atoms with E-state index in [4.69, 9.17) is 4.74 Å². The van der Waals surface area contributed by atoms with Gasteiger partial charge in [-0.2, -0.15) is 0 Å². The summed E-state index contributed by atoms with van der Waals surface area (Å²) in [5, 5.41) is 4.38. The van der Waals surface area contributed by atoms with Crippen molar-refractivity contribution >= 4 is 17.7 Å². The van der Waals surface area contributed by atoms with Gasteiger partial charge >= 0.3 is 6.03 Å². The van der Waals surface area contributed by atoms with Gasteiger partial charge in [-0.1, -0.05) is 11.6 Å². The van der Waals surface area contributed by atoms with E-state index in [0.717, 1.165) is 5.56 Å². The Morgan fingerprint density at radius 1 is 1.25 bits per heavy atom. The minimum absolute atomic E-state index is 0.150. The molecule has 0 heterocycles. The van der Waals surface area contributed by atoms with Gasteiger partial charge in [-0.05, 0) is 32.9 Å². The Hall–Kier alpha value is -2.37. The fourth-order valence-corrected chi connectivity index (χ4v) is 1.54. The average molecular weight is 278 g/mol. The molecule has 2 N–H and O–H groups in total. The standard InChI is InChI=1S/C14H18N2O4/c1-8-5-6-12(11(7-8)9(2)17)20-10(3)13(18)16-14(19)15-4/h5-7,10H,1-4H3,(H2,15,16,18,19). The highest BCUT2D eigenvalue weighted by molar-refractivity contribution is 5.98. The molecule has 1 atom stereocenters. The summed E-state index contributed by atoms with van der Waals surface area (Å²) in [4.78, 5) is 34.3. The Balaban J connectivity index is 2.85. The molecular weight excluding hydrogens is 260 g/mol. The van der Waals surface area contributed by atoms with Crippen molar-refractivity contribution < 1.29 is 19.1 Å². The zero-order chi connectivity index (χ0) is 15.3. The van der Waals surface area contributed by atoms with Gasteiger partial charge in [0, 0.05) is 7.05 Å². The van der Waals surface area contributed by atoms with Crippen LogP contribution >= 0.6 is 0 Å². The molecule has 0 aromatic heterocycles. The Morgan fingerprint density at radius 3 is 2.45 bits per heavy atom. The van der Waals surface area contributed by atoms with Crippen molar-refractivity contribution in [2.24, 2.45) is 0 Å². The molecule has 1 unspecified atom stereocenters. The maximum absolute atomic E-state index is 11.7. The molecular formula is C14H18N2O4. The van der Waals surface area contributed by atoms with Gasteiger partial charge in [0.1, 0.15) is 5.75 Å². The van der Waals surface area contributed by atoms with Crippen LogP contribution in [0.15, 0.2) is 18.2 Å². The molecule has 3 amide bonds. The molecule has 6 heteroatoms. The molecule has 0 fully saturated rings. The lowest BCUT2D eigenvalue weighted by Crippen LogP contribution is -2.44. The predicted octanol–water partition coefficient (Wildman–Crippen LogP) is 1.42. The van der Waals surface area contributed by atoms with Crippen LogP contribution in [0.3, 0.4) is 0 Å². The van der Waals surface area contributed by atoms with Crippen molar-refractivity contribution in [3.05, 3.63) is 29.3 Å². The molecule has 20 heavy (non-hydrogen) atoms. The topological polar surface area (TPSA) is 84.5 Å². The van der Waals surface area contributed by atoms with E-state index >= 15 is 0 Å². The molecule has 1 aromatic rings. The first kappa shape index (κ1) is 15.7. The number of aryl methyl sites for hydroxylation is 1. The molecule has 0 aliphatic heterocycles. The van der Waals surface area contributed by atoms with Crippen molar-refractivity contribution in [1.82, 2.24) is 10.6 Å². The number of benzene rings is 1. The Kier molecular flexibility index (Phi) is 5.25. The van der Waals surface area contributed by atoms with Gasteiger partial charge in [0.05, 0.1) is 5.56 Å². The molecule has 0 radical (unpaired) electrons. The number of carbonyl (C=O) groups is 3. The summed E-state index contributed by atoms with van der Waals surface area (Å²) in [7, 11) is 1.40. The first-order chi connectivity index (χ1) is 9.35. The van der Waals surface area contributed by atoms with E-state index in [-0.39, 0.29) is 5.78 Å². The Labute approximate surface area is 117 Å². The lowest BCUT2D eigenvalue weighted by atomic mass is 10.1. The SMILES string of the molecule is CNC(=O)NC(=O)C(C)Oc1ccc(C)cc1C(C)=O. The molecule has 1 rings (SSSR count). The van der Waals surface area contributed by atoms with Crippen LogP contribution in [-0.4, -0.2) is 30.9 Å². The zero-order valence-corrected chi connectivity index (χ0v) is 11.9. The quantitative estimate of drug-likeness (QED) is 0.816. The second-order valence-corrected chi connectivity index (χ2v) is 4.38. The summed E-state index contributed by atoms with van der Waals surface area (Å²) >= 11 is 0. The molecule has 108 valence electrons. The molecule has 0 aliphatic carbocycles. The minimum atomic E-state index is -0.895. The molecule has 0 bridgehead atoms. The van der Waals surface area contributed by atoms with Crippen molar-refractivity contribution in [2.45, 2.75) is 26.9 Å². The van der Waals surface area contributed by atoms with E-state index in [2.05, 4.69) is 10.6 Å². The van der Waals surface area contributed by atoms with Crippen LogP contribution in [0.1, 0.15) is 29.8 Å². The number of hydrogen-bond donors (Lipinski definition) is 2. The zero-order valence-electron chi connectivity index (χ0n) is 11.9. The minimum Gasteiger partial charge on any atom is -0.480 e. The number of amides is 3. The van der Waals surface area contributed by atoms with Gasteiger partial charge in [-0.15, -0.1) is 0 Å². The monoisotopic (exact) mass is 278 g/mol. The second kappa shape index (κ2) is 6.70. The van der Waals surface area contributed by atoms with Crippen LogP contribution in [0, 0.1) is 6.92 Å². The second-order valence-electron chi connectivity index (χ2n) is 4.38. The maximum Gasteiger partial charge on any atom is 0.321 e. The first-order valence-corrected chi connectivity index (χ1v) is 6.16. The highest BCUT2D eigenvalue weighted by Gasteiger charge is 2.19. The summed E-state index contributed by atoms with van der Waals surface area (Å²) in [5.41, 5.74) is 1.33. The predicted molar refractivity (Wildman–Crippen MR) is 73.9 cm³/mol. The maximum atomic E-state index is 11.7. The molecule has 0 saturated heterocycles. The van der Waals surface area contributed by atoms with Gasteiger partial charge in [0.25, 0.3) is 5.91 Å². The lowest BCUT2D eigenvalue weighted by Gasteiger charge is -2.16. The number of nitrogens with one attached hydrogen (secondary N) is 2. The van der Waals surface area contributed by atoms with Crippen LogP contribution in [0.5, 0.6) is 5.75 Å². The largest absolute Gasteiger partial charge is 0.480 e. The van der Waals surface area contributed by atoms with Gasteiger partial charge in [0.2, 0.25) is 0 Å². The van der Waals surface area contributed by atoms with E-state index in [9.17, 15) is 14.4 Å². The number of ether oxygens (including phenoxy) is 1. The molecule has 1 aromatic carbocycles. The molecule has 0 spiro atoms. The third kappa shape index (κ3) is 4.08. The highest BCUT2D eigenvalue weighted by atomic mass is 16.5. The number of urea groups is 1. The summed E-state index contributed by atoms with van der Waals surface area (Å²) in [6.07, 6.45) is -0.895. The Bertz CT molecular complexity index is 540. The number of imide groups is 1. The van der Waals surface area contributed by atoms with Crippen LogP contribution in [0.2, 0.25) is 0 Å². The van der Waals surface area contributed by atoms with E-state index < -0.39 is 18.0 Å². The van der Waals surface area contributed by atoms with E-state index in [0.29, 0.717) is 11.3 Å². The third-order valence-electron chi connectivity index (χ3n) is 2.65. The van der Waals surface area contributed by atoms with Crippen LogP contribution in [-0.2, 0) is 4.79 Å². The molecule has 6 nitrogen and oxygen atoms in total. The van der Waals surface area contributed by atoms with Gasteiger partial charge in [-0.25, -0.2) is 4.79 Å². The number of hydrogen-bond acceptors (Lipinski definition) is 4. The summed E-state index contributed by atoms with van der Waals surface area (Å²) in [6.45, 7) is 4.79. The summed E-state index contributed by atoms with van der Waals surface area (Å²) in [6, 6.07) is 4.50. The lowest BCUT2D eigenvalue weighted by molar-refractivity contribution is -0.126. The van der Waals surface area contributed by atoms with Crippen molar-refractivity contribution in [2.75, 3.05) is 7.05 Å². The first-order valence-electron chi connectivity index (χ1n) is 6.16. The fraction of sp³-hybridized carbons (Fsp3) is 0.357. The van der Waals surface area contributed by atoms with Gasteiger partial charge in [0.15, 0.2) is 11.9 Å². The highest BCUT2D eigenvalue weighted by Crippen LogP contribution is 2.21. The Morgan fingerprint density at radius 2 is 1.90 bits per heavy atom. The molecule has 0 aliphatic rings. The van der Waals surface area contributed by atoms with E-state index in [1.54, 1.807) is 18.2 Å². The number of Topliss-reactive ketones (excluding diaryl/α,β-unsaturated/α-hetero) is 1. The van der Waals surface area contributed by atoms with Crippen molar-refractivity contribution in [1.29, 1.82) is 0 Å². The number of carbonyl (C=O) groups excluding carboxylic acids is 3. The molecule has 0 saturated carbocycles. The average Bonchev–Trinajstić information content (AvgIpc) is 2.40. The van der Waals surface area contributed by atoms with Gasteiger partial charge in [-0.3, -0.25) is 14.9 Å². The fourth-order valence-electron chi connectivity index (χ4n) is 1.54. The van der Waals surface area contributed by atoms with Crippen LogP contribution < -0.4 is 15.4 Å². The van der Waals surface area contributed by atoms with Crippen molar-refractivity contribution in [3.63, 3.8) is 0 Å². The third-order valence-corrected chi connectivity index (χ3v) is 2.65. The number of rotatable bonds is 4. The van der Waals surface area contributed by atoms with E-state index in [1.165, 1.54) is 20.9 Å². The normalized spacial score (nSPS) is 11.4. The van der Waals surface area contributed by atoms with Gasteiger partial charge < -0.3 is 10.1 Å². The smallest absolute Gasteiger partial charge is 0.321 e.